The zero-order valence-corrected chi connectivity index (χ0v) is 10.7. The molecule has 0 aliphatic heterocycles. The molecule has 17 heavy (non-hydrogen) atoms. The third-order valence-electron chi connectivity index (χ3n) is 3.75. The van der Waals surface area contributed by atoms with E-state index in [1.165, 1.54) is 24.8 Å². The van der Waals surface area contributed by atoms with Crippen LogP contribution in [0.2, 0.25) is 0 Å². The molecule has 2 atom stereocenters. The van der Waals surface area contributed by atoms with E-state index in [1.54, 1.807) is 12.1 Å². The van der Waals surface area contributed by atoms with Crippen molar-refractivity contribution in [3.8, 4) is 0 Å². The molecule has 0 bridgehead atoms. The number of halogens is 1. The first-order chi connectivity index (χ1) is 8.16. The van der Waals surface area contributed by atoms with Gasteiger partial charge in [0.1, 0.15) is 5.82 Å². The van der Waals surface area contributed by atoms with Gasteiger partial charge in [-0.25, -0.2) is 4.39 Å². The Hall–Kier alpha value is -0.890. The summed E-state index contributed by atoms with van der Waals surface area (Å²) < 4.78 is 12.9. The van der Waals surface area contributed by atoms with Crippen LogP contribution >= 0.6 is 0 Å². The van der Waals surface area contributed by atoms with Gasteiger partial charge >= 0.3 is 0 Å². The Bertz CT molecular complexity index is 344. The highest BCUT2D eigenvalue weighted by molar-refractivity contribution is 5.22. The third kappa shape index (κ3) is 3.29. The van der Waals surface area contributed by atoms with E-state index >= 15 is 0 Å². The Labute approximate surface area is 103 Å². The van der Waals surface area contributed by atoms with Crippen LogP contribution in [-0.2, 0) is 0 Å². The molecule has 0 heterocycles. The molecule has 0 saturated heterocycles. The lowest BCUT2D eigenvalue weighted by Gasteiger charge is -2.21. The maximum Gasteiger partial charge on any atom is 0.123 e. The van der Waals surface area contributed by atoms with Gasteiger partial charge < -0.3 is 5.32 Å². The van der Waals surface area contributed by atoms with Crippen LogP contribution in [0.3, 0.4) is 0 Å². The molecular formula is C15H22FN. The zero-order valence-electron chi connectivity index (χ0n) is 10.7. The van der Waals surface area contributed by atoms with Crippen LogP contribution in [0.1, 0.15) is 44.6 Å². The molecule has 0 spiro atoms. The second-order valence-corrected chi connectivity index (χ2v) is 5.41. The Morgan fingerprint density at radius 3 is 2.59 bits per heavy atom. The van der Waals surface area contributed by atoms with Crippen molar-refractivity contribution in [1.82, 2.24) is 5.32 Å². The average molecular weight is 235 g/mol. The van der Waals surface area contributed by atoms with Crippen LogP contribution < -0.4 is 5.32 Å². The van der Waals surface area contributed by atoms with Gasteiger partial charge in [-0.3, -0.25) is 0 Å². The fourth-order valence-electron chi connectivity index (χ4n) is 2.82. The standard InChI is InChI=1S/C15H22FN/c1-11(2)17-10-13-4-3-5-15(13)12-6-8-14(16)9-7-12/h6-9,11,13,15,17H,3-5,10H2,1-2H3. The van der Waals surface area contributed by atoms with E-state index < -0.39 is 0 Å². The minimum atomic E-state index is -0.136. The number of benzene rings is 1. The predicted octanol–water partition coefficient (Wildman–Crippen LogP) is 3.71. The van der Waals surface area contributed by atoms with Gasteiger partial charge in [-0.1, -0.05) is 32.4 Å². The van der Waals surface area contributed by atoms with Crippen molar-refractivity contribution < 1.29 is 4.39 Å². The van der Waals surface area contributed by atoms with Gasteiger partial charge in [-0.15, -0.1) is 0 Å². The van der Waals surface area contributed by atoms with Crippen molar-refractivity contribution in [2.45, 2.75) is 45.1 Å². The van der Waals surface area contributed by atoms with E-state index in [2.05, 4.69) is 19.2 Å². The van der Waals surface area contributed by atoms with Crippen LogP contribution in [0.4, 0.5) is 4.39 Å². The van der Waals surface area contributed by atoms with E-state index in [0.29, 0.717) is 17.9 Å². The molecule has 2 rings (SSSR count). The van der Waals surface area contributed by atoms with Gasteiger partial charge in [0.2, 0.25) is 0 Å². The van der Waals surface area contributed by atoms with Crippen molar-refractivity contribution in [3.05, 3.63) is 35.6 Å². The monoisotopic (exact) mass is 235 g/mol. The smallest absolute Gasteiger partial charge is 0.123 e. The van der Waals surface area contributed by atoms with E-state index in [-0.39, 0.29) is 5.82 Å². The normalized spacial score (nSPS) is 24.5. The molecule has 1 aromatic carbocycles. The summed E-state index contributed by atoms with van der Waals surface area (Å²) >= 11 is 0. The highest BCUT2D eigenvalue weighted by atomic mass is 19.1. The fourth-order valence-corrected chi connectivity index (χ4v) is 2.82. The van der Waals surface area contributed by atoms with Crippen molar-refractivity contribution in [2.75, 3.05) is 6.54 Å². The van der Waals surface area contributed by atoms with Gasteiger partial charge in [0.05, 0.1) is 0 Å². The molecule has 0 amide bonds. The van der Waals surface area contributed by atoms with Crippen molar-refractivity contribution >= 4 is 0 Å². The van der Waals surface area contributed by atoms with E-state index in [0.717, 1.165) is 6.54 Å². The summed E-state index contributed by atoms with van der Waals surface area (Å²) in [7, 11) is 0. The highest BCUT2D eigenvalue weighted by Gasteiger charge is 2.28. The zero-order chi connectivity index (χ0) is 12.3. The van der Waals surface area contributed by atoms with Crippen LogP contribution in [-0.4, -0.2) is 12.6 Å². The predicted molar refractivity (Wildman–Crippen MR) is 69.6 cm³/mol. The van der Waals surface area contributed by atoms with Gasteiger partial charge in [0.25, 0.3) is 0 Å². The summed E-state index contributed by atoms with van der Waals surface area (Å²) in [6, 6.07) is 7.62. The van der Waals surface area contributed by atoms with Crippen molar-refractivity contribution in [3.63, 3.8) is 0 Å². The molecule has 1 fully saturated rings. The van der Waals surface area contributed by atoms with Crippen LogP contribution in [0.5, 0.6) is 0 Å². The number of hydrogen-bond donors (Lipinski definition) is 1. The van der Waals surface area contributed by atoms with Crippen LogP contribution in [0, 0.1) is 11.7 Å². The lowest BCUT2D eigenvalue weighted by molar-refractivity contribution is 0.422. The van der Waals surface area contributed by atoms with Crippen LogP contribution in [0.25, 0.3) is 0 Å². The average Bonchev–Trinajstić information content (AvgIpc) is 2.75. The fraction of sp³-hybridized carbons (Fsp3) is 0.600. The largest absolute Gasteiger partial charge is 0.314 e. The summed E-state index contributed by atoms with van der Waals surface area (Å²) in [6.45, 7) is 5.45. The molecule has 0 radical (unpaired) electrons. The molecule has 1 aliphatic carbocycles. The minimum Gasteiger partial charge on any atom is -0.314 e. The molecule has 2 heteroatoms. The Morgan fingerprint density at radius 1 is 1.24 bits per heavy atom. The topological polar surface area (TPSA) is 12.0 Å². The maximum absolute atomic E-state index is 12.9. The van der Waals surface area contributed by atoms with Gasteiger partial charge in [0.15, 0.2) is 0 Å². The second kappa shape index (κ2) is 5.63. The lowest BCUT2D eigenvalue weighted by Crippen LogP contribution is -2.30. The van der Waals surface area contributed by atoms with E-state index in [4.69, 9.17) is 0 Å². The van der Waals surface area contributed by atoms with Crippen molar-refractivity contribution in [1.29, 1.82) is 0 Å². The van der Waals surface area contributed by atoms with Gasteiger partial charge in [0, 0.05) is 6.04 Å². The Morgan fingerprint density at radius 2 is 1.94 bits per heavy atom. The molecule has 0 aromatic heterocycles. The molecule has 1 aromatic rings. The first-order valence-electron chi connectivity index (χ1n) is 6.65. The first-order valence-corrected chi connectivity index (χ1v) is 6.65. The molecule has 1 saturated carbocycles. The molecule has 1 aliphatic rings. The maximum atomic E-state index is 12.9. The first kappa shape index (κ1) is 12.6. The highest BCUT2D eigenvalue weighted by Crippen LogP contribution is 2.39. The minimum absolute atomic E-state index is 0.136. The lowest BCUT2D eigenvalue weighted by atomic mass is 9.89. The number of hydrogen-bond acceptors (Lipinski definition) is 1. The van der Waals surface area contributed by atoms with Gasteiger partial charge in [-0.05, 0) is 48.9 Å². The molecular weight excluding hydrogens is 213 g/mol. The SMILES string of the molecule is CC(C)NCC1CCCC1c1ccc(F)cc1. The Balaban J connectivity index is 2.01. The molecule has 1 nitrogen and oxygen atoms in total. The third-order valence-corrected chi connectivity index (χ3v) is 3.75. The summed E-state index contributed by atoms with van der Waals surface area (Å²) in [5.74, 6) is 1.19. The molecule has 94 valence electrons. The number of nitrogens with one attached hydrogen (secondary N) is 1. The molecule has 2 unspecified atom stereocenters. The molecule has 1 N–H and O–H groups in total. The van der Waals surface area contributed by atoms with E-state index in [9.17, 15) is 4.39 Å². The second-order valence-electron chi connectivity index (χ2n) is 5.41. The summed E-state index contributed by atoms with van der Waals surface area (Å²) in [6.07, 6.45) is 3.84. The quantitative estimate of drug-likeness (QED) is 0.839. The summed E-state index contributed by atoms with van der Waals surface area (Å²) in [4.78, 5) is 0. The summed E-state index contributed by atoms with van der Waals surface area (Å²) in [5.41, 5.74) is 1.31. The van der Waals surface area contributed by atoms with E-state index in [1.807, 2.05) is 12.1 Å². The Kier molecular flexibility index (Phi) is 4.16. The van der Waals surface area contributed by atoms with Gasteiger partial charge in [-0.2, -0.15) is 0 Å². The number of rotatable bonds is 4. The summed E-state index contributed by atoms with van der Waals surface area (Å²) in [5, 5.41) is 3.52. The van der Waals surface area contributed by atoms with Crippen molar-refractivity contribution in [2.24, 2.45) is 5.92 Å². The van der Waals surface area contributed by atoms with Crippen LogP contribution in [0.15, 0.2) is 24.3 Å².